The minimum atomic E-state index is -0.00898. The van der Waals surface area contributed by atoms with Crippen LogP contribution in [0, 0.1) is 0 Å². The Morgan fingerprint density at radius 2 is 1.95 bits per heavy atom. The van der Waals surface area contributed by atoms with Crippen LogP contribution in [0.25, 0.3) is 5.69 Å². The summed E-state index contributed by atoms with van der Waals surface area (Å²) in [5.41, 5.74) is 2.21. The lowest BCUT2D eigenvalue weighted by molar-refractivity contribution is 0.501. The third-order valence-electron chi connectivity index (χ3n) is 2.96. The summed E-state index contributed by atoms with van der Waals surface area (Å²) in [5, 5.41) is 10.9. The van der Waals surface area contributed by atoms with Crippen molar-refractivity contribution in [1.29, 1.82) is 0 Å². The number of aromatic nitrogens is 2. The summed E-state index contributed by atoms with van der Waals surface area (Å²) < 4.78 is 1.85. The van der Waals surface area contributed by atoms with E-state index in [1.807, 2.05) is 16.9 Å². The van der Waals surface area contributed by atoms with E-state index in [9.17, 15) is 0 Å². The number of hydrogen-bond acceptors (Lipinski definition) is 2. The van der Waals surface area contributed by atoms with Crippen LogP contribution in [-0.2, 0) is 6.54 Å². The van der Waals surface area contributed by atoms with Gasteiger partial charge in [-0.05, 0) is 51.5 Å². The molecular formula is C17H25N5. The molecule has 5 nitrogen and oxygen atoms in total. The van der Waals surface area contributed by atoms with Crippen molar-refractivity contribution in [2.24, 2.45) is 4.99 Å². The maximum Gasteiger partial charge on any atom is 0.191 e. The zero-order valence-electron chi connectivity index (χ0n) is 13.8. The molecule has 1 aromatic heterocycles. The van der Waals surface area contributed by atoms with Gasteiger partial charge in [-0.15, -0.1) is 0 Å². The van der Waals surface area contributed by atoms with Crippen LogP contribution in [0.4, 0.5) is 0 Å². The fourth-order valence-electron chi connectivity index (χ4n) is 2.01. The van der Waals surface area contributed by atoms with E-state index < -0.39 is 0 Å². The molecule has 0 unspecified atom stereocenters. The molecule has 0 atom stereocenters. The van der Waals surface area contributed by atoms with Crippen LogP contribution in [0.2, 0.25) is 0 Å². The van der Waals surface area contributed by atoms with Gasteiger partial charge in [0.2, 0.25) is 0 Å². The Bertz CT molecular complexity index is 591. The van der Waals surface area contributed by atoms with Crippen molar-refractivity contribution in [3.63, 3.8) is 0 Å². The molecule has 0 spiro atoms. The number of nitrogens with zero attached hydrogens (tertiary/aromatic N) is 3. The molecule has 1 aromatic carbocycles. The van der Waals surface area contributed by atoms with E-state index in [1.165, 1.54) is 5.56 Å². The zero-order chi connectivity index (χ0) is 16.0. The molecule has 0 amide bonds. The highest BCUT2D eigenvalue weighted by atomic mass is 15.3. The van der Waals surface area contributed by atoms with Crippen molar-refractivity contribution in [2.45, 2.75) is 39.8 Å². The molecule has 2 N–H and O–H groups in total. The first-order valence-electron chi connectivity index (χ1n) is 7.63. The van der Waals surface area contributed by atoms with Crippen LogP contribution in [0.5, 0.6) is 0 Å². The summed E-state index contributed by atoms with van der Waals surface area (Å²) in [4.78, 5) is 4.63. The molecule has 0 fully saturated rings. The van der Waals surface area contributed by atoms with E-state index in [0.29, 0.717) is 6.54 Å². The molecule has 1 heterocycles. The topological polar surface area (TPSA) is 54.2 Å². The molecule has 0 radical (unpaired) electrons. The molecular weight excluding hydrogens is 274 g/mol. The fraction of sp³-hybridized carbons (Fsp3) is 0.412. The van der Waals surface area contributed by atoms with E-state index in [0.717, 1.165) is 18.2 Å². The lowest BCUT2D eigenvalue weighted by Gasteiger charge is -2.23. The second-order valence-electron chi connectivity index (χ2n) is 6.19. The van der Waals surface area contributed by atoms with E-state index in [1.54, 1.807) is 6.20 Å². The minimum absolute atomic E-state index is 0.00898. The third kappa shape index (κ3) is 4.91. The first kappa shape index (κ1) is 16.1. The van der Waals surface area contributed by atoms with Crippen LogP contribution >= 0.6 is 0 Å². The van der Waals surface area contributed by atoms with Crippen molar-refractivity contribution >= 4 is 5.96 Å². The largest absolute Gasteiger partial charge is 0.357 e. The first-order chi connectivity index (χ1) is 10.5. The number of aliphatic imine (C=N–C) groups is 1. The van der Waals surface area contributed by atoms with Gasteiger partial charge in [0, 0.05) is 24.5 Å². The third-order valence-corrected chi connectivity index (χ3v) is 2.96. The number of benzene rings is 1. The Balaban J connectivity index is 2.04. The molecule has 118 valence electrons. The van der Waals surface area contributed by atoms with E-state index in [-0.39, 0.29) is 5.54 Å². The standard InChI is InChI=1S/C17H25N5/c1-5-18-16(21-17(2,3)4)19-13-14-7-9-15(10-8-14)22-12-6-11-20-22/h6-12H,5,13H2,1-4H3,(H2,18,19,21). The Morgan fingerprint density at radius 3 is 2.50 bits per heavy atom. The van der Waals surface area contributed by atoms with Crippen molar-refractivity contribution in [1.82, 2.24) is 20.4 Å². The second kappa shape index (κ2) is 7.11. The smallest absolute Gasteiger partial charge is 0.191 e. The highest BCUT2D eigenvalue weighted by Gasteiger charge is 2.11. The molecule has 0 aliphatic rings. The van der Waals surface area contributed by atoms with Crippen LogP contribution in [-0.4, -0.2) is 27.8 Å². The molecule has 0 saturated heterocycles. The van der Waals surface area contributed by atoms with E-state index in [4.69, 9.17) is 0 Å². The average molecular weight is 299 g/mol. The highest BCUT2D eigenvalue weighted by molar-refractivity contribution is 5.80. The Morgan fingerprint density at radius 1 is 1.23 bits per heavy atom. The summed E-state index contributed by atoms with van der Waals surface area (Å²) in [6, 6.07) is 10.2. The van der Waals surface area contributed by atoms with Gasteiger partial charge in [0.25, 0.3) is 0 Å². The summed E-state index contributed by atoms with van der Waals surface area (Å²) in [6.07, 6.45) is 3.71. The van der Waals surface area contributed by atoms with Gasteiger partial charge in [-0.3, -0.25) is 0 Å². The molecule has 2 rings (SSSR count). The first-order valence-corrected chi connectivity index (χ1v) is 7.63. The van der Waals surface area contributed by atoms with Gasteiger partial charge in [-0.1, -0.05) is 12.1 Å². The molecule has 5 heteroatoms. The van der Waals surface area contributed by atoms with Crippen LogP contribution < -0.4 is 10.6 Å². The van der Waals surface area contributed by atoms with Crippen molar-refractivity contribution in [2.75, 3.05) is 6.54 Å². The predicted octanol–water partition coefficient (Wildman–Crippen LogP) is 2.73. The minimum Gasteiger partial charge on any atom is -0.357 e. The van der Waals surface area contributed by atoms with Crippen LogP contribution in [0.1, 0.15) is 33.3 Å². The summed E-state index contributed by atoms with van der Waals surface area (Å²) in [5.74, 6) is 0.839. The lowest BCUT2D eigenvalue weighted by atomic mass is 10.1. The average Bonchev–Trinajstić information content (AvgIpc) is 2.98. The van der Waals surface area contributed by atoms with Gasteiger partial charge in [-0.25, -0.2) is 9.67 Å². The lowest BCUT2D eigenvalue weighted by Crippen LogP contribution is -2.47. The fourth-order valence-corrected chi connectivity index (χ4v) is 2.01. The van der Waals surface area contributed by atoms with Gasteiger partial charge in [0.1, 0.15) is 0 Å². The predicted molar refractivity (Wildman–Crippen MR) is 91.3 cm³/mol. The SMILES string of the molecule is CCNC(=NCc1ccc(-n2cccn2)cc1)NC(C)(C)C. The molecule has 22 heavy (non-hydrogen) atoms. The van der Waals surface area contributed by atoms with Gasteiger partial charge in [0.05, 0.1) is 12.2 Å². The van der Waals surface area contributed by atoms with Crippen molar-refractivity contribution in [3.05, 3.63) is 48.3 Å². The van der Waals surface area contributed by atoms with Crippen LogP contribution in [0.3, 0.4) is 0 Å². The summed E-state index contributed by atoms with van der Waals surface area (Å²) >= 11 is 0. The zero-order valence-corrected chi connectivity index (χ0v) is 13.8. The number of rotatable bonds is 4. The van der Waals surface area contributed by atoms with Gasteiger partial charge < -0.3 is 10.6 Å². The molecule has 0 bridgehead atoms. The highest BCUT2D eigenvalue weighted by Crippen LogP contribution is 2.09. The molecule has 0 aliphatic heterocycles. The quantitative estimate of drug-likeness (QED) is 0.674. The summed E-state index contributed by atoms with van der Waals surface area (Å²) in [6.45, 7) is 9.93. The monoisotopic (exact) mass is 299 g/mol. The maximum atomic E-state index is 4.63. The van der Waals surface area contributed by atoms with E-state index >= 15 is 0 Å². The van der Waals surface area contributed by atoms with Crippen LogP contribution in [0.15, 0.2) is 47.7 Å². The number of guanidine groups is 1. The Hall–Kier alpha value is -2.30. The molecule has 0 aliphatic carbocycles. The molecule has 2 aromatic rings. The Labute approximate surface area is 132 Å². The Kier molecular flexibility index (Phi) is 5.20. The number of nitrogens with one attached hydrogen (secondary N) is 2. The van der Waals surface area contributed by atoms with Crippen molar-refractivity contribution < 1.29 is 0 Å². The van der Waals surface area contributed by atoms with E-state index in [2.05, 4.69) is 72.7 Å². The van der Waals surface area contributed by atoms with Gasteiger partial charge >= 0.3 is 0 Å². The number of hydrogen-bond donors (Lipinski definition) is 2. The summed E-state index contributed by atoms with van der Waals surface area (Å²) in [7, 11) is 0. The van der Waals surface area contributed by atoms with Gasteiger partial charge in [-0.2, -0.15) is 5.10 Å². The second-order valence-corrected chi connectivity index (χ2v) is 6.19. The normalized spacial score (nSPS) is 12.3. The van der Waals surface area contributed by atoms with Gasteiger partial charge in [0.15, 0.2) is 5.96 Å². The van der Waals surface area contributed by atoms with Crippen molar-refractivity contribution in [3.8, 4) is 5.69 Å². The molecule has 0 saturated carbocycles. The maximum absolute atomic E-state index is 4.63.